The smallest absolute Gasteiger partial charge is 0.230 e. The Balaban J connectivity index is 2.91. The standard InChI is InChI=1S/C9H16N2O3S/c1-2-9(6-10)15(13,14)11-5-3-4-8(11)7-12/h8-9,12H,2-5,7H2,1H3/t8-,9?/m0/s1. The normalized spacial score (nSPS) is 25.0. The van der Waals surface area contributed by atoms with Crippen LogP contribution < -0.4 is 0 Å². The third-order valence-corrected chi connectivity index (χ3v) is 5.03. The number of nitrogens with zero attached hydrogens (tertiary/aromatic N) is 2. The molecule has 0 saturated carbocycles. The SMILES string of the molecule is CCC(C#N)S(=O)(=O)N1CCC[C@H]1CO. The fourth-order valence-electron chi connectivity index (χ4n) is 1.86. The van der Waals surface area contributed by atoms with E-state index >= 15 is 0 Å². The summed E-state index contributed by atoms with van der Waals surface area (Å²) in [5.74, 6) is 0. The van der Waals surface area contributed by atoms with Crippen molar-refractivity contribution in [3.8, 4) is 6.07 Å². The van der Waals surface area contributed by atoms with E-state index in [1.165, 1.54) is 4.31 Å². The highest BCUT2D eigenvalue weighted by Crippen LogP contribution is 2.24. The lowest BCUT2D eigenvalue weighted by atomic mass is 10.2. The van der Waals surface area contributed by atoms with Crippen LogP contribution in [0.1, 0.15) is 26.2 Å². The molecule has 0 spiro atoms. The molecule has 0 radical (unpaired) electrons. The Bertz CT molecular complexity index is 347. The van der Waals surface area contributed by atoms with E-state index in [0.29, 0.717) is 13.0 Å². The summed E-state index contributed by atoms with van der Waals surface area (Å²) in [5, 5.41) is 16.8. The molecule has 1 unspecified atom stereocenters. The van der Waals surface area contributed by atoms with Gasteiger partial charge in [-0.05, 0) is 19.3 Å². The zero-order chi connectivity index (χ0) is 11.5. The van der Waals surface area contributed by atoms with Crippen LogP contribution in [-0.4, -0.2) is 42.3 Å². The Labute approximate surface area is 90.4 Å². The van der Waals surface area contributed by atoms with Gasteiger partial charge < -0.3 is 5.11 Å². The van der Waals surface area contributed by atoms with Crippen LogP contribution in [0.3, 0.4) is 0 Å². The maximum atomic E-state index is 12.0. The second-order valence-corrected chi connectivity index (χ2v) is 5.73. The fraction of sp³-hybridized carbons (Fsp3) is 0.889. The third-order valence-electron chi connectivity index (χ3n) is 2.74. The number of aliphatic hydroxyl groups is 1. The molecule has 15 heavy (non-hydrogen) atoms. The molecule has 0 aromatic heterocycles. The van der Waals surface area contributed by atoms with Gasteiger partial charge in [0.15, 0.2) is 5.25 Å². The lowest BCUT2D eigenvalue weighted by Crippen LogP contribution is -2.42. The van der Waals surface area contributed by atoms with Crippen molar-refractivity contribution in [3.05, 3.63) is 0 Å². The number of hydrogen-bond acceptors (Lipinski definition) is 4. The van der Waals surface area contributed by atoms with Crippen molar-refractivity contribution in [2.45, 2.75) is 37.5 Å². The topological polar surface area (TPSA) is 81.4 Å². The second-order valence-electron chi connectivity index (χ2n) is 3.66. The molecular weight excluding hydrogens is 216 g/mol. The van der Waals surface area contributed by atoms with Crippen LogP contribution in [0.4, 0.5) is 0 Å². The van der Waals surface area contributed by atoms with E-state index in [0.717, 1.165) is 6.42 Å². The minimum Gasteiger partial charge on any atom is -0.395 e. The van der Waals surface area contributed by atoms with Gasteiger partial charge in [0, 0.05) is 12.6 Å². The van der Waals surface area contributed by atoms with Crippen LogP contribution in [-0.2, 0) is 10.0 Å². The fourth-order valence-corrected chi connectivity index (χ4v) is 3.71. The van der Waals surface area contributed by atoms with E-state index in [-0.39, 0.29) is 19.1 Å². The van der Waals surface area contributed by atoms with Gasteiger partial charge in [-0.1, -0.05) is 6.92 Å². The zero-order valence-electron chi connectivity index (χ0n) is 8.76. The van der Waals surface area contributed by atoms with Crippen LogP contribution in [0, 0.1) is 11.3 Å². The lowest BCUT2D eigenvalue weighted by molar-refractivity contribution is 0.213. The highest BCUT2D eigenvalue weighted by Gasteiger charge is 2.38. The Morgan fingerprint density at radius 2 is 2.33 bits per heavy atom. The quantitative estimate of drug-likeness (QED) is 0.744. The highest BCUT2D eigenvalue weighted by molar-refractivity contribution is 7.90. The van der Waals surface area contributed by atoms with Gasteiger partial charge in [-0.15, -0.1) is 0 Å². The van der Waals surface area contributed by atoms with E-state index in [2.05, 4.69) is 0 Å². The maximum Gasteiger partial charge on any atom is 0.230 e. The lowest BCUT2D eigenvalue weighted by Gasteiger charge is -2.24. The predicted octanol–water partition coefficient (Wildman–Crippen LogP) is 0.0751. The summed E-state index contributed by atoms with van der Waals surface area (Å²) in [4.78, 5) is 0. The monoisotopic (exact) mass is 232 g/mol. The van der Waals surface area contributed by atoms with Crippen molar-refractivity contribution < 1.29 is 13.5 Å². The Morgan fingerprint density at radius 1 is 1.67 bits per heavy atom. The summed E-state index contributed by atoms with van der Waals surface area (Å²) in [6, 6.07) is 1.47. The molecule has 86 valence electrons. The molecule has 2 atom stereocenters. The molecule has 0 aromatic carbocycles. The summed E-state index contributed by atoms with van der Waals surface area (Å²) in [6.07, 6.45) is 1.72. The van der Waals surface area contributed by atoms with Gasteiger partial charge in [0.05, 0.1) is 12.7 Å². The maximum absolute atomic E-state index is 12.0. The largest absolute Gasteiger partial charge is 0.395 e. The molecule has 1 rings (SSSR count). The molecule has 1 aliphatic heterocycles. The van der Waals surface area contributed by atoms with Gasteiger partial charge in [0.2, 0.25) is 10.0 Å². The van der Waals surface area contributed by atoms with Gasteiger partial charge >= 0.3 is 0 Å². The Hall–Kier alpha value is -0.640. The average Bonchev–Trinajstić information content (AvgIpc) is 2.67. The zero-order valence-corrected chi connectivity index (χ0v) is 9.57. The van der Waals surface area contributed by atoms with Crippen molar-refractivity contribution in [1.29, 1.82) is 5.26 Å². The van der Waals surface area contributed by atoms with E-state index < -0.39 is 15.3 Å². The first-order valence-corrected chi connectivity index (χ1v) is 6.59. The molecule has 0 amide bonds. The van der Waals surface area contributed by atoms with Crippen molar-refractivity contribution in [3.63, 3.8) is 0 Å². The molecule has 0 aliphatic carbocycles. The average molecular weight is 232 g/mol. The summed E-state index contributed by atoms with van der Waals surface area (Å²) in [7, 11) is -3.55. The van der Waals surface area contributed by atoms with Crippen LogP contribution in [0.2, 0.25) is 0 Å². The van der Waals surface area contributed by atoms with Gasteiger partial charge in [0.1, 0.15) is 0 Å². The molecule has 1 saturated heterocycles. The molecular formula is C9H16N2O3S. The van der Waals surface area contributed by atoms with Gasteiger partial charge in [0.25, 0.3) is 0 Å². The highest BCUT2D eigenvalue weighted by atomic mass is 32.2. The minimum absolute atomic E-state index is 0.166. The number of nitriles is 1. The van der Waals surface area contributed by atoms with Crippen LogP contribution >= 0.6 is 0 Å². The molecule has 1 aliphatic rings. The van der Waals surface area contributed by atoms with Crippen LogP contribution in [0.5, 0.6) is 0 Å². The van der Waals surface area contributed by atoms with Crippen LogP contribution in [0.15, 0.2) is 0 Å². The van der Waals surface area contributed by atoms with Gasteiger partial charge in [-0.3, -0.25) is 0 Å². The molecule has 0 bridgehead atoms. The van der Waals surface area contributed by atoms with E-state index in [9.17, 15) is 8.42 Å². The number of hydrogen-bond donors (Lipinski definition) is 1. The summed E-state index contributed by atoms with van der Waals surface area (Å²) < 4.78 is 25.2. The molecule has 0 aromatic rings. The molecule has 1 heterocycles. The summed E-state index contributed by atoms with van der Waals surface area (Å²) in [5.41, 5.74) is 0. The van der Waals surface area contributed by atoms with Crippen molar-refractivity contribution in [2.24, 2.45) is 0 Å². The number of rotatable bonds is 4. The second kappa shape index (κ2) is 4.92. The Morgan fingerprint density at radius 3 is 2.80 bits per heavy atom. The predicted molar refractivity (Wildman–Crippen MR) is 55.4 cm³/mol. The first-order chi connectivity index (χ1) is 7.07. The summed E-state index contributed by atoms with van der Waals surface area (Å²) >= 11 is 0. The van der Waals surface area contributed by atoms with Crippen molar-refractivity contribution in [2.75, 3.05) is 13.2 Å². The first kappa shape index (κ1) is 12.4. The van der Waals surface area contributed by atoms with E-state index in [4.69, 9.17) is 10.4 Å². The molecule has 1 N–H and O–H groups in total. The van der Waals surface area contributed by atoms with E-state index in [1.54, 1.807) is 13.0 Å². The van der Waals surface area contributed by atoms with Gasteiger partial charge in [-0.25, -0.2) is 8.42 Å². The number of aliphatic hydroxyl groups excluding tert-OH is 1. The minimum atomic E-state index is -3.55. The molecule has 5 nitrogen and oxygen atoms in total. The van der Waals surface area contributed by atoms with Crippen LogP contribution in [0.25, 0.3) is 0 Å². The summed E-state index contributed by atoms with van der Waals surface area (Å²) in [6.45, 7) is 1.93. The van der Waals surface area contributed by atoms with Crippen molar-refractivity contribution >= 4 is 10.0 Å². The number of sulfonamides is 1. The van der Waals surface area contributed by atoms with Crippen molar-refractivity contribution in [1.82, 2.24) is 4.31 Å². The van der Waals surface area contributed by atoms with E-state index in [1.807, 2.05) is 0 Å². The van der Waals surface area contributed by atoms with Gasteiger partial charge in [-0.2, -0.15) is 9.57 Å². The molecule has 1 fully saturated rings. The Kier molecular flexibility index (Phi) is 4.08. The third kappa shape index (κ3) is 2.30. The molecule has 6 heteroatoms. The first-order valence-electron chi connectivity index (χ1n) is 5.09.